The largest absolute Gasteiger partial charge is 0.381 e. The summed E-state index contributed by atoms with van der Waals surface area (Å²) in [7, 11) is 0. The fourth-order valence-electron chi connectivity index (χ4n) is 4.68. The lowest BCUT2D eigenvalue weighted by Gasteiger charge is -2.36. The number of hydrogen-bond donors (Lipinski definition) is 1. The number of aromatic nitrogens is 7. The van der Waals surface area contributed by atoms with Crippen molar-refractivity contribution < 1.29 is 13.9 Å². The van der Waals surface area contributed by atoms with Crippen LogP contribution in [-0.2, 0) is 18.6 Å². The highest BCUT2D eigenvalue weighted by atomic mass is 19.1. The van der Waals surface area contributed by atoms with Crippen molar-refractivity contribution in [2.24, 2.45) is 0 Å². The molecule has 0 bridgehead atoms. The molecule has 1 fully saturated rings. The molecule has 37 heavy (non-hydrogen) atoms. The zero-order valence-corrected chi connectivity index (χ0v) is 20.5. The first-order valence-electron chi connectivity index (χ1n) is 12.2. The third kappa shape index (κ3) is 5.49. The molecule has 10 nitrogen and oxygen atoms in total. The minimum absolute atomic E-state index is 0.0907. The monoisotopic (exact) mass is 509 g/mol. The molecule has 2 atom stereocenters. The van der Waals surface area contributed by atoms with Crippen molar-refractivity contribution in [1.82, 2.24) is 39.9 Å². The van der Waals surface area contributed by atoms with E-state index < -0.39 is 23.3 Å². The van der Waals surface area contributed by atoms with Crippen molar-refractivity contribution in [2.45, 2.75) is 31.5 Å². The van der Waals surface area contributed by atoms with Crippen LogP contribution in [0.25, 0.3) is 0 Å². The smallest absolute Gasteiger partial charge is 0.176 e. The van der Waals surface area contributed by atoms with E-state index in [1.54, 1.807) is 6.92 Å². The Morgan fingerprint density at radius 2 is 1.84 bits per heavy atom. The molecule has 0 radical (unpaired) electrons. The van der Waals surface area contributed by atoms with Gasteiger partial charge < -0.3 is 10.0 Å². The van der Waals surface area contributed by atoms with Crippen LogP contribution in [0.1, 0.15) is 24.4 Å². The number of rotatable bonds is 9. The lowest BCUT2D eigenvalue weighted by molar-refractivity contribution is -0.0418. The summed E-state index contributed by atoms with van der Waals surface area (Å²) in [5, 5.41) is 28.6. The first-order valence-corrected chi connectivity index (χ1v) is 12.2. The molecule has 12 heteroatoms. The summed E-state index contributed by atoms with van der Waals surface area (Å²) in [6.45, 7) is 6.05. The van der Waals surface area contributed by atoms with Gasteiger partial charge in [0.15, 0.2) is 5.82 Å². The van der Waals surface area contributed by atoms with Crippen LogP contribution >= 0.6 is 0 Å². The first kappa shape index (κ1) is 24.9. The summed E-state index contributed by atoms with van der Waals surface area (Å²) < 4.78 is 29.8. The van der Waals surface area contributed by atoms with Gasteiger partial charge in [0.1, 0.15) is 35.9 Å². The molecule has 4 aromatic rings. The van der Waals surface area contributed by atoms with Gasteiger partial charge in [-0.2, -0.15) is 9.90 Å². The summed E-state index contributed by atoms with van der Waals surface area (Å²) in [6, 6.07) is 12.6. The van der Waals surface area contributed by atoms with Crippen molar-refractivity contribution in [2.75, 3.05) is 37.6 Å². The van der Waals surface area contributed by atoms with Gasteiger partial charge in [-0.1, -0.05) is 24.3 Å². The van der Waals surface area contributed by atoms with Crippen LogP contribution in [-0.4, -0.2) is 77.7 Å². The van der Waals surface area contributed by atoms with E-state index in [9.17, 15) is 13.9 Å². The molecule has 0 spiro atoms. The Morgan fingerprint density at radius 3 is 2.54 bits per heavy atom. The predicted molar refractivity (Wildman–Crippen MR) is 132 cm³/mol. The van der Waals surface area contributed by atoms with Gasteiger partial charge in [0.2, 0.25) is 0 Å². The molecule has 0 amide bonds. The van der Waals surface area contributed by atoms with Crippen LogP contribution in [0.5, 0.6) is 0 Å². The standard InChI is InChI=1S/C25H29F2N9O/c1-19(25(37,16-35-18-28-17-29-35)22-8-7-20(26)15-23(22)27)36-31-24(30-32-36)9-10-33-11-13-34(14-12-33)21-5-3-2-4-6-21/h2-8,15,17-19,37H,9-14,16H2,1H3/t19-,25+/m0/s1. The third-order valence-corrected chi connectivity index (χ3v) is 6.92. The van der Waals surface area contributed by atoms with E-state index >= 15 is 0 Å². The molecule has 2 aromatic heterocycles. The molecule has 1 aliphatic rings. The van der Waals surface area contributed by atoms with Gasteiger partial charge in [-0.15, -0.1) is 10.2 Å². The maximum atomic E-state index is 14.8. The molecule has 194 valence electrons. The average molecular weight is 510 g/mol. The SMILES string of the molecule is C[C@H](n1nnc(CCN2CCN(c3ccccc3)CC2)n1)[C@](O)(Cn1cncn1)c1ccc(F)cc1F. The van der Waals surface area contributed by atoms with Crippen molar-refractivity contribution in [3.8, 4) is 0 Å². The quantitative estimate of drug-likeness (QED) is 0.366. The number of halogens is 2. The Labute approximate surface area is 213 Å². The molecule has 0 unspecified atom stereocenters. The predicted octanol–water partition coefficient (Wildman–Crippen LogP) is 2.06. The fraction of sp³-hybridized carbons (Fsp3) is 0.400. The Hall–Kier alpha value is -3.77. The zero-order chi connectivity index (χ0) is 25.8. The lowest BCUT2D eigenvalue weighted by Crippen LogP contribution is -2.47. The van der Waals surface area contributed by atoms with Crippen LogP contribution < -0.4 is 4.90 Å². The Morgan fingerprint density at radius 1 is 1.05 bits per heavy atom. The summed E-state index contributed by atoms with van der Waals surface area (Å²) in [5.74, 6) is -1.08. The van der Waals surface area contributed by atoms with Gasteiger partial charge in [-0.3, -0.25) is 4.90 Å². The number of aliphatic hydroxyl groups is 1. The molecule has 1 aliphatic heterocycles. The maximum absolute atomic E-state index is 14.8. The molecule has 2 aromatic carbocycles. The summed E-state index contributed by atoms with van der Waals surface area (Å²) in [5.41, 5.74) is -0.708. The van der Waals surface area contributed by atoms with Crippen molar-refractivity contribution in [1.29, 1.82) is 0 Å². The van der Waals surface area contributed by atoms with Crippen LogP contribution in [0.15, 0.2) is 61.2 Å². The van der Waals surface area contributed by atoms with Crippen molar-refractivity contribution >= 4 is 5.69 Å². The van der Waals surface area contributed by atoms with Crippen LogP contribution in [0.2, 0.25) is 0 Å². The second kappa shape index (κ2) is 10.7. The van der Waals surface area contributed by atoms with Gasteiger partial charge >= 0.3 is 0 Å². The van der Waals surface area contributed by atoms with Gasteiger partial charge in [0, 0.05) is 56.5 Å². The molecule has 1 N–H and O–H groups in total. The molecule has 1 saturated heterocycles. The first-order chi connectivity index (χ1) is 17.9. The highest BCUT2D eigenvalue weighted by Crippen LogP contribution is 2.36. The van der Waals surface area contributed by atoms with Crippen LogP contribution in [0.3, 0.4) is 0 Å². The second-order valence-corrected chi connectivity index (χ2v) is 9.26. The fourth-order valence-corrected chi connectivity index (χ4v) is 4.68. The van der Waals surface area contributed by atoms with Crippen LogP contribution in [0, 0.1) is 11.6 Å². The summed E-state index contributed by atoms with van der Waals surface area (Å²) in [6.07, 6.45) is 3.32. The Kier molecular flexibility index (Phi) is 7.19. The highest BCUT2D eigenvalue weighted by Gasteiger charge is 2.41. The van der Waals surface area contributed by atoms with E-state index in [2.05, 4.69) is 59.6 Å². The maximum Gasteiger partial charge on any atom is 0.176 e. The number of tetrazole rings is 1. The minimum atomic E-state index is -1.85. The van der Waals surface area contributed by atoms with Crippen LogP contribution in [0.4, 0.5) is 14.5 Å². The normalized spacial score (nSPS) is 17.0. The molecule has 0 saturated carbocycles. The molecular formula is C25H29F2N9O. The van der Waals surface area contributed by atoms with E-state index in [0.29, 0.717) is 12.2 Å². The van der Waals surface area contributed by atoms with E-state index in [-0.39, 0.29) is 12.1 Å². The minimum Gasteiger partial charge on any atom is -0.381 e. The summed E-state index contributed by atoms with van der Waals surface area (Å²) >= 11 is 0. The second-order valence-electron chi connectivity index (χ2n) is 9.26. The molecular weight excluding hydrogens is 480 g/mol. The highest BCUT2D eigenvalue weighted by molar-refractivity contribution is 5.46. The summed E-state index contributed by atoms with van der Waals surface area (Å²) in [4.78, 5) is 9.90. The molecule has 3 heterocycles. The van der Waals surface area contributed by atoms with E-state index in [0.717, 1.165) is 44.9 Å². The Balaban J connectivity index is 1.26. The average Bonchev–Trinajstić information content (AvgIpc) is 3.60. The third-order valence-electron chi connectivity index (χ3n) is 6.92. The van der Waals surface area contributed by atoms with E-state index in [4.69, 9.17) is 0 Å². The number of para-hydroxylation sites is 1. The van der Waals surface area contributed by atoms with Crippen molar-refractivity contribution in [3.05, 3.63) is 84.2 Å². The Bertz CT molecular complexity index is 1290. The topological polar surface area (TPSA) is 101 Å². The lowest BCUT2D eigenvalue weighted by atomic mass is 9.86. The number of hydrogen-bond acceptors (Lipinski definition) is 8. The van der Waals surface area contributed by atoms with Crippen molar-refractivity contribution in [3.63, 3.8) is 0 Å². The number of piperazine rings is 1. The molecule has 5 rings (SSSR count). The number of benzene rings is 2. The number of nitrogens with zero attached hydrogens (tertiary/aromatic N) is 9. The molecule has 0 aliphatic carbocycles. The van der Waals surface area contributed by atoms with Gasteiger partial charge in [0.05, 0.1) is 6.54 Å². The van der Waals surface area contributed by atoms with Gasteiger partial charge in [-0.25, -0.2) is 18.4 Å². The van der Waals surface area contributed by atoms with E-state index in [1.165, 1.54) is 33.9 Å². The number of anilines is 1. The zero-order valence-electron chi connectivity index (χ0n) is 20.5. The van der Waals surface area contributed by atoms with E-state index in [1.807, 2.05) is 6.07 Å². The van der Waals surface area contributed by atoms with Gasteiger partial charge in [0.25, 0.3) is 0 Å². The van der Waals surface area contributed by atoms with Gasteiger partial charge in [-0.05, 0) is 30.3 Å².